The van der Waals surface area contributed by atoms with Gasteiger partial charge in [0.05, 0.1) is 43.2 Å². The van der Waals surface area contributed by atoms with Crippen molar-refractivity contribution in [3.8, 4) is 31.1 Å². The lowest BCUT2D eigenvalue weighted by Gasteiger charge is -2.07. The Morgan fingerprint density at radius 1 is 0.348 bits per heavy atom. The van der Waals surface area contributed by atoms with Crippen molar-refractivity contribution in [2.75, 3.05) is 0 Å². The van der Waals surface area contributed by atoms with Gasteiger partial charge in [0, 0.05) is 21.5 Å². The van der Waals surface area contributed by atoms with Gasteiger partial charge in [-0.1, -0.05) is 135 Å². The van der Waals surface area contributed by atoms with Crippen molar-refractivity contribution < 1.29 is 0 Å². The molecule has 3 nitrogen and oxygen atoms in total. The lowest BCUT2D eigenvalue weighted by atomic mass is 10.0. The lowest BCUT2D eigenvalue weighted by Crippen LogP contribution is -1.91. The van der Waals surface area contributed by atoms with Gasteiger partial charge in [-0.05, 0) is 159 Å². The van der Waals surface area contributed by atoms with Gasteiger partial charge in [0.25, 0.3) is 0 Å². The largest absolute Gasteiger partial charge is 0.301 e. The van der Waals surface area contributed by atoms with Crippen LogP contribution in [0.2, 0.25) is 0 Å². The Kier molecular flexibility index (Phi) is 15.5. The van der Waals surface area contributed by atoms with Crippen LogP contribution in [0, 0.1) is 0 Å². The number of rotatable bonds is 24. The van der Waals surface area contributed by atoms with E-state index in [0.29, 0.717) is 0 Å². The van der Waals surface area contributed by atoms with Gasteiger partial charge in [0.2, 0.25) is 0 Å². The molecule has 0 unspecified atom stereocenters. The fourth-order valence-corrected chi connectivity index (χ4v) is 12.2. The van der Waals surface area contributed by atoms with Crippen LogP contribution in [-0.4, -0.2) is 14.1 Å². The quantitative estimate of drug-likeness (QED) is 0.0554. The molecular weight excluding hydrogens is 839 g/mol. The van der Waals surface area contributed by atoms with E-state index < -0.39 is 0 Å². The maximum Gasteiger partial charge on any atom is 0.101 e. The summed E-state index contributed by atoms with van der Waals surface area (Å²) in [4.78, 5) is 7.75. The summed E-state index contributed by atoms with van der Waals surface area (Å²) in [6.45, 7) is 9.18. The third-order valence-electron chi connectivity index (χ3n) is 13.9. The fourth-order valence-electron chi connectivity index (χ4n) is 10.2. The van der Waals surface area contributed by atoms with E-state index in [9.17, 15) is 0 Å². The van der Waals surface area contributed by atoms with Gasteiger partial charge in [-0.2, -0.15) is 0 Å². The van der Waals surface area contributed by atoms with Gasteiger partial charge < -0.3 is 9.13 Å². The summed E-state index contributed by atoms with van der Waals surface area (Å²) in [5.74, 6) is 0. The zero-order valence-electron chi connectivity index (χ0n) is 40.3. The number of aromatic nitrogens is 3. The molecule has 4 aromatic carbocycles. The summed E-state index contributed by atoms with van der Waals surface area (Å²) in [5.41, 5.74) is 13.1. The summed E-state index contributed by atoms with van der Waals surface area (Å²) < 4.78 is 5.01. The topological polar surface area (TPSA) is 22.8 Å². The molecule has 0 aliphatic rings. The average molecular weight is 910 g/mol. The molecule has 0 fully saturated rings. The summed E-state index contributed by atoms with van der Waals surface area (Å²) in [6, 6.07) is 44.8. The number of benzene rings is 4. The minimum Gasteiger partial charge on any atom is -0.301 e. The second-order valence-corrected chi connectivity index (χ2v) is 21.1. The Morgan fingerprint density at radius 3 is 0.970 bits per heavy atom. The molecule has 0 atom stereocenters. The predicted octanol–water partition coefficient (Wildman–Crippen LogP) is 19.2. The number of hydrogen-bond acceptors (Lipinski definition) is 3. The van der Waals surface area contributed by atoms with Crippen molar-refractivity contribution in [3.63, 3.8) is 0 Å². The normalized spacial score (nSPS) is 11.9. The molecule has 9 aromatic rings. The third kappa shape index (κ3) is 10.3. The van der Waals surface area contributed by atoms with Crippen molar-refractivity contribution in [3.05, 3.63) is 138 Å². The first-order valence-electron chi connectivity index (χ1n) is 25.9. The number of thiophene rings is 2. The van der Waals surface area contributed by atoms with Crippen LogP contribution in [0.15, 0.2) is 115 Å². The smallest absolute Gasteiger partial charge is 0.101 e. The zero-order valence-corrected chi connectivity index (χ0v) is 41.9. The van der Waals surface area contributed by atoms with Crippen molar-refractivity contribution in [2.45, 2.75) is 156 Å². The number of pyridine rings is 1. The summed E-state index contributed by atoms with van der Waals surface area (Å²) in [6.07, 6.45) is 25.2. The molecule has 9 rings (SSSR count). The standard InChI is InChI=1S/C61H71N3S2/c1-5-9-13-17-22-44-28-32-54-48(40-44)49-41-45(23-18-14-10-6-2)29-33-55(49)63(54)60-38-36-58(65-60)52-26-21-27-53(62-52)59-37-39-61(66-59)64-56-34-30-46(24-19-15-11-7-3)42-50(56)51-43-47(31-35-57(51)64)25-20-16-12-8-4/h21,26-43H,5-20,22-25H2,1-4H3. The van der Waals surface area contributed by atoms with E-state index in [0.717, 1.165) is 37.1 Å². The number of hydrogen-bond donors (Lipinski definition) is 0. The maximum absolute atomic E-state index is 5.37. The maximum atomic E-state index is 5.37. The van der Waals surface area contributed by atoms with Crippen LogP contribution in [0.1, 0.15) is 153 Å². The Balaban J connectivity index is 1.02. The molecule has 0 bridgehead atoms. The minimum absolute atomic E-state index is 1.03. The molecule has 0 aliphatic heterocycles. The van der Waals surface area contributed by atoms with E-state index in [1.807, 2.05) is 22.7 Å². The second kappa shape index (κ2) is 22.2. The molecule has 0 aliphatic carbocycles. The second-order valence-electron chi connectivity index (χ2n) is 19.0. The van der Waals surface area contributed by atoms with Crippen molar-refractivity contribution >= 4 is 66.3 Å². The Hall–Kier alpha value is -4.97. The first kappa shape index (κ1) is 46.2. The van der Waals surface area contributed by atoms with Crippen LogP contribution in [0.25, 0.3) is 74.8 Å². The number of aryl methyl sites for hydroxylation is 4. The minimum atomic E-state index is 1.03. The molecule has 0 saturated carbocycles. The van der Waals surface area contributed by atoms with E-state index in [2.05, 4.69) is 152 Å². The average Bonchev–Trinajstić information content (AvgIpc) is 4.16. The van der Waals surface area contributed by atoms with Gasteiger partial charge in [-0.25, -0.2) is 4.98 Å². The number of nitrogens with zero attached hydrogens (tertiary/aromatic N) is 3. The highest BCUT2D eigenvalue weighted by Crippen LogP contribution is 2.41. The monoisotopic (exact) mass is 910 g/mol. The predicted molar refractivity (Wildman–Crippen MR) is 291 cm³/mol. The molecule has 0 amide bonds. The van der Waals surface area contributed by atoms with Gasteiger partial charge in [0.1, 0.15) is 10.0 Å². The highest BCUT2D eigenvalue weighted by Gasteiger charge is 2.19. The van der Waals surface area contributed by atoms with Crippen molar-refractivity contribution in [1.82, 2.24) is 14.1 Å². The van der Waals surface area contributed by atoms with E-state index in [-0.39, 0.29) is 0 Å². The van der Waals surface area contributed by atoms with Crippen LogP contribution >= 0.6 is 22.7 Å². The van der Waals surface area contributed by atoms with Crippen molar-refractivity contribution in [2.24, 2.45) is 0 Å². The van der Waals surface area contributed by atoms with Gasteiger partial charge in [-0.3, -0.25) is 0 Å². The lowest BCUT2D eigenvalue weighted by molar-refractivity contribution is 0.667. The molecule has 5 heterocycles. The van der Waals surface area contributed by atoms with Gasteiger partial charge in [-0.15, -0.1) is 22.7 Å². The first-order valence-corrected chi connectivity index (χ1v) is 27.5. The first-order chi connectivity index (χ1) is 32.6. The van der Waals surface area contributed by atoms with Gasteiger partial charge in [0.15, 0.2) is 0 Å². The molecule has 5 heteroatoms. The molecule has 0 saturated heterocycles. The van der Waals surface area contributed by atoms with Crippen LogP contribution in [0.4, 0.5) is 0 Å². The Morgan fingerprint density at radius 2 is 0.667 bits per heavy atom. The molecule has 0 N–H and O–H groups in total. The fraction of sp³-hybridized carbons (Fsp3) is 0.393. The zero-order chi connectivity index (χ0) is 45.2. The highest BCUT2D eigenvalue weighted by atomic mass is 32.1. The molecule has 66 heavy (non-hydrogen) atoms. The molecule has 5 aromatic heterocycles. The van der Waals surface area contributed by atoms with Crippen LogP contribution < -0.4 is 0 Å². The summed E-state index contributed by atoms with van der Waals surface area (Å²) in [7, 11) is 0. The molecule has 0 radical (unpaired) electrons. The van der Waals surface area contributed by atoms with E-state index in [1.165, 1.54) is 188 Å². The SMILES string of the molecule is CCCCCCc1ccc2c(c1)c1cc(CCCCCC)ccc1n2-c1ccc(-c2cccc(-c3ccc(-n4c5ccc(CCCCCC)cc5c5cc(CCCCCC)ccc54)s3)n2)s1. The van der Waals surface area contributed by atoms with E-state index >= 15 is 0 Å². The van der Waals surface area contributed by atoms with Crippen LogP contribution in [0.5, 0.6) is 0 Å². The van der Waals surface area contributed by atoms with E-state index in [4.69, 9.17) is 4.98 Å². The Bertz CT molecular complexity index is 2670. The van der Waals surface area contributed by atoms with Crippen LogP contribution in [-0.2, 0) is 25.7 Å². The number of fused-ring (bicyclic) bond motifs is 6. The van der Waals surface area contributed by atoms with E-state index in [1.54, 1.807) is 0 Å². The third-order valence-corrected chi connectivity index (χ3v) is 16.1. The summed E-state index contributed by atoms with van der Waals surface area (Å²) >= 11 is 3.69. The summed E-state index contributed by atoms with van der Waals surface area (Å²) in [5, 5.41) is 8.00. The van der Waals surface area contributed by atoms with Gasteiger partial charge >= 0.3 is 0 Å². The highest BCUT2D eigenvalue weighted by molar-refractivity contribution is 7.18. The number of unbranched alkanes of at least 4 members (excludes halogenated alkanes) is 12. The van der Waals surface area contributed by atoms with Crippen molar-refractivity contribution in [1.29, 1.82) is 0 Å². The molecule has 0 spiro atoms. The molecular formula is C61H71N3S2. The van der Waals surface area contributed by atoms with Crippen LogP contribution in [0.3, 0.4) is 0 Å². The molecule has 342 valence electrons. The Labute approximate surface area is 402 Å².